The van der Waals surface area contributed by atoms with Gasteiger partial charge in [0, 0.05) is 36.7 Å². The van der Waals surface area contributed by atoms with Crippen LogP contribution in [-0.2, 0) is 15.7 Å². The van der Waals surface area contributed by atoms with Crippen LogP contribution in [0.3, 0.4) is 0 Å². The molecule has 0 saturated carbocycles. The number of anilines is 1. The Morgan fingerprint density at radius 1 is 1.12 bits per heavy atom. The summed E-state index contributed by atoms with van der Waals surface area (Å²) in [6.45, 7) is 0.0524. The van der Waals surface area contributed by atoms with E-state index in [-0.39, 0.29) is 34.4 Å². The van der Waals surface area contributed by atoms with E-state index in [1.54, 1.807) is 35.4 Å². The van der Waals surface area contributed by atoms with Crippen molar-refractivity contribution in [2.24, 2.45) is 0 Å². The van der Waals surface area contributed by atoms with Crippen LogP contribution >= 0.6 is 0 Å². The lowest BCUT2D eigenvalue weighted by Crippen LogP contribution is -2.34. The van der Waals surface area contributed by atoms with Crippen molar-refractivity contribution in [2.45, 2.75) is 12.3 Å². The fourth-order valence-corrected chi connectivity index (χ4v) is 4.00. The van der Waals surface area contributed by atoms with Crippen molar-refractivity contribution in [1.29, 1.82) is 5.26 Å². The van der Waals surface area contributed by atoms with Crippen LogP contribution in [0, 0.1) is 17.1 Å². The maximum absolute atomic E-state index is 14.5. The van der Waals surface area contributed by atoms with Gasteiger partial charge >= 0.3 is 6.18 Å². The van der Waals surface area contributed by atoms with Crippen molar-refractivity contribution in [3.8, 4) is 11.8 Å². The minimum Gasteiger partial charge on any atom is -0.497 e. The van der Waals surface area contributed by atoms with Crippen molar-refractivity contribution in [2.75, 3.05) is 25.7 Å². The second-order valence-corrected chi connectivity index (χ2v) is 7.63. The predicted octanol–water partition coefficient (Wildman–Crippen LogP) is 5.06. The van der Waals surface area contributed by atoms with Gasteiger partial charge in [0.05, 0.1) is 24.3 Å². The molecule has 1 unspecified atom stereocenters. The number of methoxy groups -OCH3 is 2. The molecule has 1 atom stereocenters. The van der Waals surface area contributed by atoms with Crippen LogP contribution in [0.2, 0.25) is 0 Å². The number of ether oxygens (including phenoxy) is 2. The number of hydrogen-bond donors (Lipinski definition) is 0. The van der Waals surface area contributed by atoms with Crippen LogP contribution < -0.4 is 9.64 Å². The summed E-state index contributed by atoms with van der Waals surface area (Å²) in [7, 11) is 2.83. The quantitative estimate of drug-likeness (QED) is 0.585. The largest absolute Gasteiger partial charge is 0.497 e. The SMILES string of the molecule is COc1ccc(N2C=C3C(C#N)=CC(OC)C(=O)C3=C(c3ccc(C(F)(F)F)c(F)c3)C2)cc1. The Balaban J connectivity index is 1.91. The van der Waals surface area contributed by atoms with Gasteiger partial charge in [-0.1, -0.05) is 6.07 Å². The molecule has 4 rings (SSSR count). The first-order valence-corrected chi connectivity index (χ1v) is 10.1. The van der Waals surface area contributed by atoms with E-state index in [1.807, 2.05) is 6.07 Å². The molecule has 9 heteroatoms. The summed E-state index contributed by atoms with van der Waals surface area (Å²) in [6.07, 6.45) is -2.88. The summed E-state index contributed by atoms with van der Waals surface area (Å²) in [6, 6.07) is 11.5. The Hall–Kier alpha value is -3.90. The van der Waals surface area contributed by atoms with Crippen molar-refractivity contribution < 1.29 is 31.8 Å². The molecule has 0 amide bonds. The van der Waals surface area contributed by atoms with Crippen LogP contribution in [0.15, 0.2) is 71.5 Å². The molecule has 0 N–H and O–H groups in total. The lowest BCUT2D eigenvalue weighted by molar-refractivity contribution is -0.140. The molecule has 0 spiro atoms. The number of halogens is 4. The molecule has 5 nitrogen and oxygen atoms in total. The molecule has 0 radical (unpaired) electrons. The molecule has 0 saturated heterocycles. The van der Waals surface area contributed by atoms with E-state index in [4.69, 9.17) is 9.47 Å². The van der Waals surface area contributed by atoms with Crippen LogP contribution in [0.1, 0.15) is 11.1 Å². The summed E-state index contributed by atoms with van der Waals surface area (Å²) in [5.41, 5.74) is 0.247. The summed E-state index contributed by atoms with van der Waals surface area (Å²) in [5.74, 6) is -1.30. The molecular weight excluding hydrogens is 452 g/mol. The average Bonchev–Trinajstić information content (AvgIpc) is 2.83. The Morgan fingerprint density at radius 2 is 1.82 bits per heavy atom. The molecular formula is C25H18F4N2O3. The molecule has 1 aliphatic heterocycles. The third-order valence-corrected chi connectivity index (χ3v) is 5.70. The maximum atomic E-state index is 14.5. The minimum atomic E-state index is -4.86. The van der Waals surface area contributed by atoms with Crippen LogP contribution in [0.4, 0.5) is 23.2 Å². The number of nitriles is 1. The summed E-state index contributed by atoms with van der Waals surface area (Å²) in [5, 5.41) is 9.71. The number of hydrogen-bond acceptors (Lipinski definition) is 5. The molecule has 1 heterocycles. The van der Waals surface area contributed by atoms with Crippen molar-refractivity contribution in [3.63, 3.8) is 0 Å². The number of nitrogens with zero attached hydrogens (tertiary/aromatic N) is 2. The van der Waals surface area contributed by atoms with E-state index < -0.39 is 29.4 Å². The van der Waals surface area contributed by atoms with Gasteiger partial charge in [-0.3, -0.25) is 4.79 Å². The second-order valence-electron chi connectivity index (χ2n) is 7.63. The number of ketones is 1. The third kappa shape index (κ3) is 4.08. The first-order chi connectivity index (χ1) is 16.2. The van der Waals surface area contributed by atoms with Gasteiger partial charge in [0.25, 0.3) is 0 Å². The number of allylic oxidation sites excluding steroid dienone is 2. The van der Waals surface area contributed by atoms with E-state index >= 15 is 0 Å². The lowest BCUT2D eigenvalue weighted by atomic mass is 9.80. The Morgan fingerprint density at radius 3 is 2.38 bits per heavy atom. The molecule has 0 fully saturated rings. The van der Waals surface area contributed by atoms with Gasteiger partial charge in [0.1, 0.15) is 17.7 Å². The van der Waals surface area contributed by atoms with Crippen molar-refractivity contribution >= 4 is 17.0 Å². The molecule has 1 aliphatic carbocycles. The van der Waals surface area contributed by atoms with Crippen molar-refractivity contribution in [3.05, 3.63) is 88.4 Å². The number of carbonyl (C=O) groups excluding carboxylic acids is 1. The number of rotatable bonds is 4. The minimum absolute atomic E-state index is 0.0524. The van der Waals surface area contributed by atoms with Gasteiger partial charge in [0.2, 0.25) is 0 Å². The van der Waals surface area contributed by atoms with Gasteiger partial charge in [-0.25, -0.2) is 4.39 Å². The number of fused-ring (bicyclic) bond motifs is 1. The normalized spacial score (nSPS) is 18.2. The Kier molecular flexibility index (Phi) is 6.02. The molecule has 34 heavy (non-hydrogen) atoms. The lowest BCUT2D eigenvalue weighted by Gasteiger charge is -2.33. The highest BCUT2D eigenvalue weighted by molar-refractivity contribution is 6.14. The van der Waals surface area contributed by atoms with Gasteiger partial charge in [0.15, 0.2) is 5.78 Å². The summed E-state index contributed by atoms with van der Waals surface area (Å²) >= 11 is 0. The second kappa shape index (κ2) is 8.80. The van der Waals surface area contributed by atoms with E-state index in [2.05, 4.69) is 0 Å². The molecule has 0 aromatic heterocycles. The van der Waals surface area contributed by atoms with E-state index in [0.717, 1.165) is 12.1 Å². The fourth-order valence-electron chi connectivity index (χ4n) is 4.00. The number of Topliss-reactive ketones (excluding diaryl/α,β-unsaturated/α-hetero) is 1. The zero-order valence-electron chi connectivity index (χ0n) is 18.1. The Bertz CT molecular complexity index is 1280. The Labute approximate surface area is 192 Å². The van der Waals surface area contributed by atoms with Gasteiger partial charge in [-0.15, -0.1) is 0 Å². The molecule has 174 valence electrons. The molecule has 2 aliphatic rings. The van der Waals surface area contributed by atoms with E-state index in [9.17, 15) is 27.6 Å². The third-order valence-electron chi connectivity index (χ3n) is 5.70. The van der Waals surface area contributed by atoms with Crippen LogP contribution in [0.25, 0.3) is 5.57 Å². The maximum Gasteiger partial charge on any atom is 0.419 e. The molecule has 0 bridgehead atoms. The highest BCUT2D eigenvalue weighted by Crippen LogP contribution is 2.40. The number of benzene rings is 2. The first-order valence-electron chi connectivity index (χ1n) is 10.1. The standard InChI is InChI=1S/C25H18F4N2O3/c1-33-17-6-4-16(5-7-17)31-12-18(14-3-8-20(21(26)9-14)25(27,28)29)23-19(13-31)15(11-30)10-22(34-2)24(23)32/h3-10,13,22H,12H2,1-2H3. The van der Waals surface area contributed by atoms with Crippen LogP contribution in [-0.4, -0.2) is 32.7 Å². The summed E-state index contributed by atoms with van der Waals surface area (Å²) in [4.78, 5) is 14.9. The summed E-state index contributed by atoms with van der Waals surface area (Å²) < 4.78 is 64.1. The van der Waals surface area contributed by atoms with Crippen molar-refractivity contribution in [1.82, 2.24) is 0 Å². The predicted molar refractivity (Wildman–Crippen MR) is 116 cm³/mol. The average molecular weight is 470 g/mol. The zero-order valence-corrected chi connectivity index (χ0v) is 18.1. The van der Waals surface area contributed by atoms with E-state index in [1.165, 1.54) is 20.3 Å². The highest BCUT2D eigenvalue weighted by atomic mass is 19.4. The zero-order chi connectivity index (χ0) is 24.6. The molecule has 2 aromatic rings. The fraction of sp³-hybridized carbons (Fsp3) is 0.200. The smallest absolute Gasteiger partial charge is 0.419 e. The number of carbonyl (C=O) groups is 1. The topological polar surface area (TPSA) is 62.6 Å². The van der Waals surface area contributed by atoms with Crippen LogP contribution in [0.5, 0.6) is 5.75 Å². The first kappa shape index (κ1) is 23.3. The highest BCUT2D eigenvalue weighted by Gasteiger charge is 2.38. The molecule has 2 aromatic carbocycles. The van der Waals surface area contributed by atoms with Gasteiger partial charge in [-0.05, 0) is 53.6 Å². The number of alkyl halides is 3. The van der Waals surface area contributed by atoms with Gasteiger partial charge in [-0.2, -0.15) is 18.4 Å². The van der Waals surface area contributed by atoms with Gasteiger partial charge < -0.3 is 14.4 Å². The van der Waals surface area contributed by atoms with E-state index in [0.29, 0.717) is 17.5 Å². The monoisotopic (exact) mass is 470 g/mol.